The number of aromatic carboxylic acids is 1. The van der Waals surface area contributed by atoms with Crippen LogP contribution < -0.4 is 10.1 Å². The van der Waals surface area contributed by atoms with Crippen LogP contribution in [0.1, 0.15) is 78.6 Å². The van der Waals surface area contributed by atoms with Crippen molar-refractivity contribution >= 4 is 12.1 Å². The highest BCUT2D eigenvalue weighted by atomic mass is 16.6. The van der Waals surface area contributed by atoms with Gasteiger partial charge in [0, 0.05) is 29.1 Å². The molecule has 0 aliphatic rings. The minimum Gasteiger partial charge on any atom is -0.488 e. The number of aryl methyl sites for hydroxylation is 3. The summed E-state index contributed by atoms with van der Waals surface area (Å²) in [6.07, 6.45) is 0.227. The second kappa shape index (κ2) is 12.3. The number of carbonyl (C=O) groups excluding carboxylic acids is 1. The normalized spacial score (nSPS) is 11.4. The Morgan fingerprint density at radius 1 is 1.00 bits per heavy atom. The molecule has 0 bridgehead atoms. The molecule has 7 heteroatoms. The van der Waals surface area contributed by atoms with E-state index in [4.69, 9.17) is 14.5 Å². The van der Waals surface area contributed by atoms with E-state index in [-0.39, 0.29) is 18.7 Å². The van der Waals surface area contributed by atoms with Crippen LogP contribution in [0.25, 0.3) is 11.1 Å². The standard InChI is InChI=1S/C32H40N2O5/c1-19(2)16-27-25(17-33-31(37)39-32(6,7)8)28(23-14-12-20(3)13-15-23)26(22(5)34-27)18-38-29-21(4)10-9-11-24(29)30(35)36/h9-15,19H,16-18H2,1-8H3,(H,33,37)(H,35,36). The van der Waals surface area contributed by atoms with E-state index in [0.717, 1.165) is 51.2 Å². The van der Waals surface area contributed by atoms with Gasteiger partial charge in [-0.25, -0.2) is 9.59 Å². The highest BCUT2D eigenvalue weighted by Gasteiger charge is 2.23. The number of carboxylic acids is 1. The van der Waals surface area contributed by atoms with Gasteiger partial charge in [0.1, 0.15) is 23.5 Å². The van der Waals surface area contributed by atoms with Crippen LogP contribution in [0.15, 0.2) is 42.5 Å². The van der Waals surface area contributed by atoms with Gasteiger partial charge in [0.05, 0.1) is 0 Å². The first-order valence-electron chi connectivity index (χ1n) is 13.3. The maximum absolute atomic E-state index is 12.6. The van der Waals surface area contributed by atoms with Crippen molar-refractivity contribution in [3.8, 4) is 16.9 Å². The van der Waals surface area contributed by atoms with Gasteiger partial charge in [-0.3, -0.25) is 4.98 Å². The Morgan fingerprint density at radius 3 is 2.26 bits per heavy atom. The predicted molar refractivity (Wildman–Crippen MR) is 153 cm³/mol. The molecule has 7 nitrogen and oxygen atoms in total. The fraction of sp³-hybridized carbons (Fsp3) is 0.406. The lowest BCUT2D eigenvalue weighted by molar-refractivity contribution is 0.0523. The maximum Gasteiger partial charge on any atom is 0.407 e. The largest absolute Gasteiger partial charge is 0.488 e. The molecule has 1 heterocycles. The molecule has 0 fully saturated rings. The van der Waals surface area contributed by atoms with Crippen molar-refractivity contribution in [2.75, 3.05) is 0 Å². The average Bonchev–Trinajstić information content (AvgIpc) is 2.82. The molecule has 39 heavy (non-hydrogen) atoms. The number of rotatable bonds is 9. The van der Waals surface area contributed by atoms with Gasteiger partial charge in [-0.2, -0.15) is 0 Å². The minimum absolute atomic E-state index is 0.112. The SMILES string of the molecule is Cc1ccc(-c2c(COc3c(C)cccc3C(=O)O)c(C)nc(CC(C)C)c2CNC(=O)OC(C)(C)C)cc1. The Balaban J connectivity index is 2.16. The van der Waals surface area contributed by atoms with Crippen LogP contribution in [0.4, 0.5) is 4.79 Å². The number of hydrogen-bond donors (Lipinski definition) is 2. The molecular weight excluding hydrogens is 492 g/mol. The maximum atomic E-state index is 12.6. The summed E-state index contributed by atoms with van der Waals surface area (Å²) >= 11 is 0. The first kappa shape index (κ1) is 29.7. The molecule has 0 saturated carbocycles. The van der Waals surface area contributed by atoms with E-state index in [2.05, 4.69) is 31.3 Å². The van der Waals surface area contributed by atoms with Gasteiger partial charge >= 0.3 is 12.1 Å². The van der Waals surface area contributed by atoms with Crippen LogP contribution >= 0.6 is 0 Å². The van der Waals surface area contributed by atoms with Crippen LogP contribution in [0.2, 0.25) is 0 Å². The number of ether oxygens (including phenoxy) is 2. The van der Waals surface area contributed by atoms with Crippen LogP contribution in [0.3, 0.4) is 0 Å². The summed E-state index contributed by atoms with van der Waals surface area (Å²) in [6.45, 7) is 15.9. The van der Waals surface area contributed by atoms with E-state index in [1.165, 1.54) is 0 Å². The van der Waals surface area contributed by atoms with Gasteiger partial charge < -0.3 is 19.9 Å². The van der Waals surface area contributed by atoms with E-state index in [1.807, 2.05) is 59.7 Å². The number of alkyl carbamates (subject to hydrolysis) is 1. The van der Waals surface area contributed by atoms with Crippen LogP contribution in [-0.4, -0.2) is 27.8 Å². The molecule has 0 unspecified atom stereocenters. The fourth-order valence-corrected chi connectivity index (χ4v) is 4.47. The van der Waals surface area contributed by atoms with Crippen LogP contribution in [-0.2, 0) is 24.3 Å². The molecule has 2 aromatic carbocycles. The molecule has 2 N–H and O–H groups in total. The summed E-state index contributed by atoms with van der Waals surface area (Å²) in [6, 6.07) is 13.3. The predicted octanol–water partition coefficient (Wildman–Crippen LogP) is 7.17. The Kier molecular flexibility index (Phi) is 9.38. The fourth-order valence-electron chi connectivity index (χ4n) is 4.47. The zero-order valence-corrected chi connectivity index (χ0v) is 24.3. The number of amides is 1. The van der Waals surface area contributed by atoms with Crippen molar-refractivity contribution in [1.82, 2.24) is 10.3 Å². The first-order valence-corrected chi connectivity index (χ1v) is 13.3. The summed E-state index contributed by atoms with van der Waals surface area (Å²) in [5.41, 5.74) is 6.69. The molecule has 1 amide bonds. The molecule has 1 aromatic heterocycles. The summed E-state index contributed by atoms with van der Waals surface area (Å²) in [5, 5.41) is 12.6. The third-order valence-corrected chi connectivity index (χ3v) is 6.24. The molecule has 0 aliphatic carbocycles. The van der Waals surface area contributed by atoms with Gasteiger partial charge in [0.15, 0.2) is 0 Å². The zero-order valence-electron chi connectivity index (χ0n) is 24.3. The van der Waals surface area contributed by atoms with Crippen molar-refractivity contribution in [2.24, 2.45) is 5.92 Å². The van der Waals surface area contributed by atoms with Crippen molar-refractivity contribution in [1.29, 1.82) is 0 Å². The Morgan fingerprint density at radius 2 is 1.67 bits per heavy atom. The molecular formula is C32H40N2O5. The van der Waals surface area contributed by atoms with Gasteiger partial charge in [-0.15, -0.1) is 0 Å². The Bertz CT molecular complexity index is 1340. The number of carboxylic acid groups (broad SMARTS) is 1. The molecule has 3 aromatic rings. The van der Waals surface area contributed by atoms with E-state index in [9.17, 15) is 14.7 Å². The topological polar surface area (TPSA) is 97.8 Å². The molecule has 0 atom stereocenters. The third-order valence-electron chi connectivity index (χ3n) is 6.24. The lowest BCUT2D eigenvalue weighted by Crippen LogP contribution is -2.32. The highest BCUT2D eigenvalue weighted by Crippen LogP contribution is 2.34. The minimum atomic E-state index is -1.04. The summed E-state index contributed by atoms with van der Waals surface area (Å²) < 4.78 is 11.7. The number of nitrogens with zero attached hydrogens (tertiary/aromatic N) is 1. The molecule has 0 saturated heterocycles. The van der Waals surface area contributed by atoms with Crippen molar-refractivity contribution < 1.29 is 24.2 Å². The Labute approximate surface area is 231 Å². The number of benzene rings is 2. The third kappa shape index (κ3) is 7.82. The number of nitrogens with one attached hydrogen (secondary N) is 1. The van der Waals surface area contributed by atoms with Crippen molar-refractivity contribution in [3.05, 3.63) is 81.7 Å². The average molecular weight is 533 g/mol. The number of para-hydroxylation sites is 1. The second-order valence-corrected chi connectivity index (χ2v) is 11.3. The van der Waals surface area contributed by atoms with Crippen molar-refractivity contribution in [2.45, 2.75) is 80.6 Å². The summed E-state index contributed by atoms with van der Waals surface area (Å²) in [4.78, 5) is 29.5. The zero-order chi connectivity index (χ0) is 28.9. The van der Waals surface area contributed by atoms with E-state index in [1.54, 1.807) is 12.1 Å². The number of carbonyl (C=O) groups is 2. The second-order valence-electron chi connectivity index (χ2n) is 11.3. The van der Waals surface area contributed by atoms with Crippen molar-refractivity contribution in [3.63, 3.8) is 0 Å². The molecule has 3 rings (SSSR count). The number of aromatic nitrogens is 1. The van der Waals surface area contributed by atoms with Crippen LogP contribution in [0.5, 0.6) is 5.75 Å². The molecule has 0 radical (unpaired) electrons. The van der Waals surface area contributed by atoms with E-state index >= 15 is 0 Å². The lowest BCUT2D eigenvalue weighted by Gasteiger charge is -2.24. The Hall–Kier alpha value is -3.87. The summed E-state index contributed by atoms with van der Waals surface area (Å²) in [5.74, 6) is -0.369. The smallest absolute Gasteiger partial charge is 0.407 e. The lowest BCUT2D eigenvalue weighted by atomic mass is 9.90. The van der Waals surface area contributed by atoms with Gasteiger partial charge in [0.25, 0.3) is 0 Å². The first-order chi connectivity index (χ1) is 18.3. The monoisotopic (exact) mass is 532 g/mol. The van der Waals surface area contributed by atoms with Gasteiger partial charge in [-0.05, 0) is 76.6 Å². The summed E-state index contributed by atoms with van der Waals surface area (Å²) in [7, 11) is 0. The van der Waals surface area contributed by atoms with E-state index in [0.29, 0.717) is 11.7 Å². The van der Waals surface area contributed by atoms with Gasteiger partial charge in [0.2, 0.25) is 0 Å². The molecule has 208 valence electrons. The highest BCUT2D eigenvalue weighted by molar-refractivity contribution is 5.91. The number of pyridine rings is 1. The molecule has 0 aliphatic heterocycles. The van der Waals surface area contributed by atoms with Gasteiger partial charge in [-0.1, -0.05) is 55.8 Å². The molecule has 0 spiro atoms. The number of hydrogen-bond acceptors (Lipinski definition) is 5. The van der Waals surface area contributed by atoms with Crippen LogP contribution in [0, 0.1) is 26.7 Å². The van der Waals surface area contributed by atoms with E-state index < -0.39 is 17.7 Å². The quantitative estimate of drug-likeness (QED) is 0.303.